The molecule has 1 aliphatic rings. The molecule has 1 aromatic heterocycles. The summed E-state index contributed by atoms with van der Waals surface area (Å²) in [5.74, 6) is 2.37. The second kappa shape index (κ2) is 11.4. The zero-order chi connectivity index (χ0) is 20.8. The van der Waals surface area contributed by atoms with Crippen LogP contribution >= 0.6 is 24.0 Å². The van der Waals surface area contributed by atoms with E-state index in [0.717, 1.165) is 43.6 Å². The lowest BCUT2D eigenvalue weighted by atomic mass is 10.1. The van der Waals surface area contributed by atoms with Crippen LogP contribution in [0.15, 0.2) is 29.3 Å². The Morgan fingerprint density at radius 2 is 2.10 bits per heavy atom. The zero-order valence-electron chi connectivity index (χ0n) is 18.7. The topological polar surface area (TPSA) is 66.7 Å². The van der Waals surface area contributed by atoms with E-state index in [4.69, 9.17) is 9.73 Å². The predicted octanol–water partition coefficient (Wildman–Crippen LogP) is 3.25. The van der Waals surface area contributed by atoms with Gasteiger partial charge in [-0.2, -0.15) is 5.10 Å². The number of methoxy groups -OCH3 is 1. The minimum absolute atomic E-state index is 0. The van der Waals surface area contributed by atoms with E-state index in [-0.39, 0.29) is 24.0 Å². The first-order valence-corrected chi connectivity index (χ1v) is 10.4. The molecule has 1 aromatic carbocycles. The monoisotopic (exact) mass is 526 g/mol. The van der Waals surface area contributed by atoms with Crippen LogP contribution in [0.4, 0.5) is 5.69 Å². The minimum atomic E-state index is 0. The van der Waals surface area contributed by atoms with Crippen LogP contribution in [0.3, 0.4) is 0 Å². The van der Waals surface area contributed by atoms with Crippen LogP contribution in [0.25, 0.3) is 0 Å². The van der Waals surface area contributed by atoms with E-state index in [1.165, 1.54) is 23.4 Å². The van der Waals surface area contributed by atoms with Gasteiger partial charge in [-0.05, 0) is 45.2 Å². The number of aliphatic imine (C=N–C) groups is 1. The summed E-state index contributed by atoms with van der Waals surface area (Å²) in [5, 5.41) is 11.4. The highest BCUT2D eigenvalue weighted by molar-refractivity contribution is 14.0. The van der Waals surface area contributed by atoms with Crippen molar-refractivity contribution in [3.8, 4) is 5.75 Å². The summed E-state index contributed by atoms with van der Waals surface area (Å²) in [6, 6.07) is 8.31. The first kappa shape index (κ1) is 24.3. The lowest BCUT2D eigenvalue weighted by Gasteiger charge is -2.20. The molecule has 7 nitrogen and oxygen atoms in total. The van der Waals surface area contributed by atoms with Crippen molar-refractivity contribution in [1.29, 1.82) is 0 Å². The quantitative estimate of drug-likeness (QED) is 0.330. The molecule has 0 bridgehead atoms. The molecule has 1 fully saturated rings. The summed E-state index contributed by atoms with van der Waals surface area (Å²) in [7, 11) is 3.69. The van der Waals surface area contributed by atoms with Crippen molar-refractivity contribution in [2.75, 3.05) is 38.2 Å². The Kier molecular flexibility index (Phi) is 9.26. The van der Waals surface area contributed by atoms with Crippen LogP contribution in [0, 0.1) is 19.8 Å². The molecule has 0 saturated carbocycles. The average Bonchev–Trinajstić information content (AvgIpc) is 3.29. The van der Waals surface area contributed by atoms with Gasteiger partial charge in [-0.15, -0.1) is 24.0 Å². The molecule has 0 aliphatic carbocycles. The fourth-order valence-electron chi connectivity index (χ4n) is 3.83. The highest BCUT2D eigenvalue weighted by Gasteiger charge is 2.23. The van der Waals surface area contributed by atoms with E-state index in [0.29, 0.717) is 12.5 Å². The van der Waals surface area contributed by atoms with Gasteiger partial charge >= 0.3 is 0 Å². The Labute approximate surface area is 197 Å². The van der Waals surface area contributed by atoms with Gasteiger partial charge in [0.15, 0.2) is 5.96 Å². The number of guanidine groups is 1. The number of halogens is 1. The maximum absolute atomic E-state index is 5.36. The normalized spacial score (nSPS) is 16.4. The van der Waals surface area contributed by atoms with Gasteiger partial charge in [0.05, 0.1) is 19.3 Å². The van der Waals surface area contributed by atoms with Gasteiger partial charge in [0.1, 0.15) is 5.75 Å². The molecule has 1 aliphatic heterocycles. The van der Waals surface area contributed by atoms with Crippen molar-refractivity contribution in [2.45, 2.75) is 33.7 Å². The van der Waals surface area contributed by atoms with Gasteiger partial charge in [0, 0.05) is 56.2 Å². The Morgan fingerprint density at radius 3 is 2.77 bits per heavy atom. The fourth-order valence-corrected chi connectivity index (χ4v) is 3.83. The third kappa shape index (κ3) is 6.02. The smallest absolute Gasteiger partial charge is 0.191 e. The lowest BCUT2D eigenvalue weighted by molar-refractivity contribution is 0.415. The number of nitrogens with one attached hydrogen (secondary N) is 2. The highest BCUT2D eigenvalue weighted by Crippen LogP contribution is 2.26. The number of anilines is 1. The number of aromatic nitrogens is 2. The van der Waals surface area contributed by atoms with Crippen molar-refractivity contribution in [2.24, 2.45) is 18.0 Å². The molecule has 2 N–H and O–H groups in total. The van der Waals surface area contributed by atoms with Gasteiger partial charge in [-0.3, -0.25) is 4.68 Å². The van der Waals surface area contributed by atoms with Crippen molar-refractivity contribution in [3.05, 3.63) is 41.2 Å². The molecule has 3 rings (SSSR count). The molecule has 30 heavy (non-hydrogen) atoms. The Bertz CT molecular complexity index is 850. The molecule has 8 heteroatoms. The number of aryl methyl sites for hydroxylation is 2. The van der Waals surface area contributed by atoms with Crippen LogP contribution in [0.5, 0.6) is 5.75 Å². The average molecular weight is 526 g/mol. The number of rotatable bonds is 7. The Morgan fingerprint density at radius 1 is 1.30 bits per heavy atom. The molecule has 0 amide bonds. The molecular weight excluding hydrogens is 491 g/mol. The summed E-state index contributed by atoms with van der Waals surface area (Å²) in [4.78, 5) is 7.22. The van der Waals surface area contributed by atoms with E-state index in [9.17, 15) is 0 Å². The first-order chi connectivity index (χ1) is 14.0. The zero-order valence-corrected chi connectivity index (χ0v) is 21.1. The van der Waals surface area contributed by atoms with E-state index in [1.807, 2.05) is 24.7 Å². The van der Waals surface area contributed by atoms with Crippen LogP contribution < -0.4 is 20.3 Å². The molecule has 2 aromatic rings. The molecule has 2 heterocycles. The summed E-state index contributed by atoms with van der Waals surface area (Å²) in [5.41, 5.74) is 4.66. The minimum Gasteiger partial charge on any atom is -0.497 e. The van der Waals surface area contributed by atoms with E-state index >= 15 is 0 Å². The van der Waals surface area contributed by atoms with Crippen LogP contribution in [0.1, 0.15) is 30.3 Å². The van der Waals surface area contributed by atoms with Crippen LogP contribution in [-0.4, -0.2) is 49.0 Å². The molecule has 0 radical (unpaired) electrons. The van der Waals surface area contributed by atoms with Crippen molar-refractivity contribution >= 4 is 35.6 Å². The first-order valence-electron chi connectivity index (χ1n) is 10.4. The highest BCUT2D eigenvalue weighted by atomic mass is 127. The number of benzene rings is 1. The Hall–Kier alpha value is -1.97. The summed E-state index contributed by atoms with van der Waals surface area (Å²) in [6.45, 7) is 10.7. The van der Waals surface area contributed by atoms with Crippen molar-refractivity contribution in [1.82, 2.24) is 20.4 Å². The Balaban J connectivity index is 0.00000320. The van der Waals surface area contributed by atoms with Crippen LogP contribution in [-0.2, 0) is 13.6 Å². The maximum atomic E-state index is 5.36. The summed E-state index contributed by atoms with van der Waals surface area (Å²) >= 11 is 0. The number of nitrogens with zero attached hydrogens (tertiary/aromatic N) is 4. The summed E-state index contributed by atoms with van der Waals surface area (Å²) < 4.78 is 7.28. The predicted molar refractivity (Wildman–Crippen MR) is 134 cm³/mol. The molecule has 1 atom stereocenters. The number of hydrogen-bond donors (Lipinski definition) is 2. The van der Waals surface area contributed by atoms with Gasteiger partial charge in [0.2, 0.25) is 0 Å². The lowest BCUT2D eigenvalue weighted by Crippen LogP contribution is -2.40. The molecular formula is C22H35IN6O. The van der Waals surface area contributed by atoms with Gasteiger partial charge in [-0.25, -0.2) is 4.99 Å². The number of hydrogen-bond acceptors (Lipinski definition) is 4. The number of ether oxygens (including phenoxy) is 1. The van der Waals surface area contributed by atoms with Crippen molar-refractivity contribution < 1.29 is 4.74 Å². The van der Waals surface area contributed by atoms with E-state index in [1.54, 1.807) is 7.11 Å². The second-order valence-electron chi connectivity index (χ2n) is 7.65. The summed E-state index contributed by atoms with van der Waals surface area (Å²) in [6.07, 6.45) is 1.17. The molecule has 1 unspecified atom stereocenters. The second-order valence-corrected chi connectivity index (χ2v) is 7.65. The SMILES string of the molecule is CCNC(=NCc1c(C)nn(C)c1C)NCC1CCN(c2cccc(OC)c2)C1.I. The largest absolute Gasteiger partial charge is 0.497 e. The fraction of sp³-hybridized carbons (Fsp3) is 0.545. The molecule has 166 valence electrons. The molecule has 1 saturated heterocycles. The van der Waals surface area contributed by atoms with Gasteiger partial charge in [0.25, 0.3) is 0 Å². The van der Waals surface area contributed by atoms with Gasteiger partial charge < -0.3 is 20.3 Å². The standard InChI is InChI=1S/C22H34N6O.HI/c1-6-23-22(25-14-21-16(2)26-27(4)17(21)3)24-13-18-10-11-28(15-18)19-8-7-9-20(12-19)29-5;/h7-9,12,18H,6,10-11,13-15H2,1-5H3,(H2,23,24,25);1H. The third-order valence-corrected chi connectivity index (χ3v) is 5.66. The van der Waals surface area contributed by atoms with Crippen LogP contribution in [0.2, 0.25) is 0 Å². The maximum Gasteiger partial charge on any atom is 0.191 e. The molecule has 0 spiro atoms. The third-order valence-electron chi connectivity index (χ3n) is 5.66. The van der Waals surface area contributed by atoms with E-state index < -0.39 is 0 Å². The van der Waals surface area contributed by atoms with Gasteiger partial charge in [-0.1, -0.05) is 6.07 Å². The van der Waals surface area contributed by atoms with Crippen molar-refractivity contribution in [3.63, 3.8) is 0 Å². The van der Waals surface area contributed by atoms with E-state index in [2.05, 4.69) is 52.7 Å².